The molecule has 1 N–H and O–H groups in total. The summed E-state index contributed by atoms with van der Waals surface area (Å²) in [5, 5.41) is 9.16. The SMILES string of the molecule is Cc1ccc(S(=O)(=O)N(CC(=O)O)C2CCCC2)c(Cl)c1. The Bertz CT molecular complexity index is 638. The zero-order chi connectivity index (χ0) is 15.6. The van der Waals surface area contributed by atoms with Crippen LogP contribution in [0.5, 0.6) is 0 Å². The summed E-state index contributed by atoms with van der Waals surface area (Å²) in [6.07, 6.45) is 3.21. The highest BCUT2D eigenvalue weighted by Crippen LogP contribution is 2.31. The average Bonchev–Trinajstić information content (AvgIpc) is 2.88. The Morgan fingerprint density at radius 3 is 2.52 bits per heavy atom. The fourth-order valence-electron chi connectivity index (χ4n) is 2.68. The van der Waals surface area contributed by atoms with Gasteiger partial charge in [-0.1, -0.05) is 30.5 Å². The van der Waals surface area contributed by atoms with Gasteiger partial charge in [0.05, 0.1) is 5.02 Å². The molecule has 0 aromatic heterocycles. The first-order chi connectivity index (χ1) is 9.82. The van der Waals surface area contributed by atoms with Gasteiger partial charge in [-0.05, 0) is 37.5 Å². The predicted octanol–water partition coefficient (Wildman–Crippen LogP) is 2.67. The van der Waals surface area contributed by atoms with Gasteiger partial charge in [-0.25, -0.2) is 8.42 Å². The molecule has 2 rings (SSSR count). The Morgan fingerprint density at radius 1 is 1.38 bits per heavy atom. The molecule has 0 spiro atoms. The molecule has 1 aromatic carbocycles. The van der Waals surface area contributed by atoms with E-state index in [0.29, 0.717) is 12.8 Å². The maximum atomic E-state index is 12.8. The molecule has 1 aliphatic carbocycles. The molecule has 0 saturated heterocycles. The van der Waals surface area contributed by atoms with E-state index < -0.39 is 22.5 Å². The van der Waals surface area contributed by atoms with Gasteiger partial charge in [0.2, 0.25) is 10.0 Å². The van der Waals surface area contributed by atoms with Crippen molar-refractivity contribution in [3.63, 3.8) is 0 Å². The summed E-state index contributed by atoms with van der Waals surface area (Å²) in [5.41, 5.74) is 0.851. The van der Waals surface area contributed by atoms with Crippen molar-refractivity contribution in [2.75, 3.05) is 6.54 Å². The van der Waals surface area contributed by atoms with Gasteiger partial charge in [-0.15, -0.1) is 0 Å². The molecule has 5 nitrogen and oxygen atoms in total. The number of sulfonamides is 1. The van der Waals surface area contributed by atoms with Crippen molar-refractivity contribution in [1.82, 2.24) is 4.31 Å². The fraction of sp³-hybridized carbons (Fsp3) is 0.500. The highest BCUT2D eigenvalue weighted by Gasteiger charge is 2.35. The van der Waals surface area contributed by atoms with Crippen molar-refractivity contribution in [3.8, 4) is 0 Å². The number of hydrogen-bond donors (Lipinski definition) is 1. The monoisotopic (exact) mass is 331 g/mol. The number of carbonyl (C=O) groups is 1. The number of nitrogens with zero attached hydrogens (tertiary/aromatic N) is 1. The van der Waals surface area contributed by atoms with Crippen LogP contribution < -0.4 is 0 Å². The van der Waals surface area contributed by atoms with Gasteiger partial charge >= 0.3 is 5.97 Å². The van der Waals surface area contributed by atoms with Crippen LogP contribution in [0.4, 0.5) is 0 Å². The number of halogens is 1. The van der Waals surface area contributed by atoms with Crippen molar-refractivity contribution < 1.29 is 18.3 Å². The minimum atomic E-state index is -3.91. The quantitative estimate of drug-likeness (QED) is 0.900. The number of aliphatic carboxylic acids is 1. The summed E-state index contributed by atoms with van der Waals surface area (Å²) in [5.74, 6) is -1.16. The molecule has 0 amide bonds. The predicted molar refractivity (Wildman–Crippen MR) is 80.0 cm³/mol. The smallest absolute Gasteiger partial charge is 0.318 e. The van der Waals surface area contributed by atoms with Crippen LogP contribution in [-0.4, -0.2) is 36.4 Å². The lowest BCUT2D eigenvalue weighted by Crippen LogP contribution is -2.42. The molecule has 116 valence electrons. The second kappa shape index (κ2) is 6.34. The molecule has 1 aromatic rings. The fourth-order valence-corrected chi connectivity index (χ4v) is 4.89. The summed E-state index contributed by atoms with van der Waals surface area (Å²) in [7, 11) is -3.91. The minimum Gasteiger partial charge on any atom is -0.480 e. The van der Waals surface area contributed by atoms with Crippen LogP contribution in [0, 0.1) is 6.92 Å². The van der Waals surface area contributed by atoms with Gasteiger partial charge in [-0.2, -0.15) is 4.31 Å². The standard InChI is InChI=1S/C14H18ClNO4S/c1-10-6-7-13(12(15)8-10)21(19,20)16(9-14(17)18)11-4-2-3-5-11/h6-8,11H,2-5,9H2,1H3,(H,17,18). The molecular formula is C14H18ClNO4S. The molecule has 0 radical (unpaired) electrons. The molecule has 0 aliphatic heterocycles. The van der Waals surface area contributed by atoms with Crippen molar-refractivity contribution >= 4 is 27.6 Å². The normalized spacial score (nSPS) is 16.5. The van der Waals surface area contributed by atoms with Crippen molar-refractivity contribution in [2.45, 2.75) is 43.5 Å². The zero-order valence-corrected chi connectivity index (χ0v) is 13.3. The first-order valence-corrected chi connectivity index (χ1v) is 8.64. The minimum absolute atomic E-state index is 0.0251. The molecule has 0 unspecified atom stereocenters. The molecule has 0 bridgehead atoms. The van der Waals surface area contributed by atoms with Crippen molar-refractivity contribution in [1.29, 1.82) is 0 Å². The van der Waals surface area contributed by atoms with Crippen LogP contribution in [-0.2, 0) is 14.8 Å². The lowest BCUT2D eigenvalue weighted by atomic mass is 10.2. The van der Waals surface area contributed by atoms with Gasteiger partial charge in [0, 0.05) is 6.04 Å². The lowest BCUT2D eigenvalue weighted by molar-refractivity contribution is -0.137. The second-order valence-electron chi connectivity index (χ2n) is 5.32. The van der Waals surface area contributed by atoms with E-state index in [2.05, 4.69) is 0 Å². The number of carboxylic acid groups (broad SMARTS) is 1. The molecule has 1 fully saturated rings. The van der Waals surface area contributed by atoms with E-state index in [1.165, 1.54) is 6.07 Å². The van der Waals surface area contributed by atoms with Crippen LogP contribution in [0.25, 0.3) is 0 Å². The summed E-state index contributed by atoms with van der Waals surface area (Å²) in [6.45, 7) is 1.28. The Labute approximate surface area is 129 Å². The van der Waals surface area contributed by atoms with Gasteiger partial charge in [0.1, 0.15) is 11.4 Å². The zero-order valence-electron chi connectivity index (χ0n) is 11.8. The van der Waals surface area contributed by atoms with E-state index >= 15 is 0 Å². The van der Waals surface area contributed by atoms with E-state index in [9.17, 15) is 13.2 Å². The summed E-state index contributed by atoms with van der Waals surface area (Å²) in [6, 6.07) is 4.41. The van der Waals surface area contributed by atoms with Gasteiger partial charge in [0.15, 0.2) is 0 Å². The molecule has 1 saturated carbocycles. The average molecular weight is 332 g/mol. The summed E-state index contributed by atoms with van der Waals surface area (Å²) in [4.78, 5) is 11.0. The molecule has 0 atom stereocenters. The first-order valence-electron chi connectivity index (χ1n) is 6.82. The van der Waals surface area contributed by atoms with E-state index in [1.807, 2.05) is 6.92 Å². The van der Waals surface area contributed by atoms with Crippen molar-refractivity contribution in [2.24, 2.45) is 0 Å². The number of rotatable bonds is 5. The first kappa shape index (κ1) is 16.3. The third-order valence-corrected chi connectivity index (χ3v) is 6.08. The Kier molecular flexibility index (Phi) is 4.91. The second-order valence-corrected chi connectivity index (χ2v) is 7.58. The van der Waals surface area contributed by atoms with Gasteiger partial charge in [0.25, 0.3) is 0 Å². The van der Waals surface area contributed by atoms with Gasteiger partial charge in [-0.3, -0.25) is 4.79 Å². The largest absolute Gasteiger partial charge is 0.480 e. The third kappa shape index (κ3) is 3.56. The maximum Gasteiger partial charge on any atom is 0.318 e. The number of benzene rings is 1. The Morgan fingerprint density at radius 2 is 2.00 bits per heavy atom. The highest BCUT2D eigenvalue weighted by molar-refractivity contribution is 7.89. The molecular weight excluding hydrogens is 314 g/mol. The number of carboxylic acids is 1. The van der Waals surface area contributed by atoms with Crippen LogP contribution in [0.2, 0.25) is 5.02 Å². The number of hydrogen-bond acceptors (Lipinski definition) is 3. The Balaban J connectivity index is 2.43. The van der Waals surface area contributed by atoms with Crippen LogP contribution in [0.1, 0.15) is 31.2 Å². The Hall–Kier alpha value is -1.11. The molecule has 1 aliphatic rings. The maximum absolute atomic E-state index is 12.8. The van der Waals surface area contributed by atoms with Crippen LogP contribution in [0.3, 0.4) is 0 Å². The van der Waals surface area contributed by atoms with Crippen LogP contribution >= 0.6 is 11.6 Å². The van der Waals surface area contributed by atoms with Crippen molar-refractivity contribution in [3.05, 3.63) is 28.8 Å². The van der Waals surface area contributed by atoms with Crippen LogP contribution in [0.15, 0.2) is 23.1 Å². The van der Waals surface area contributed by atoms with E-state index in [4.69, 9.17) is 16.7 Å². The molecule has 7 heteroatoms. The third-order valence-electron chi connectivity index (χ3n) is 3.70. The highest BCUT2D eigenvalue weighted by atomic mass is 35.5. The van der Waals surface area contributed by atoms with E-state index in [-0.39, 0.29) is 16.0 Å². The van der Waals surface area contributed by atoms with E-state index in [0.717, 1.165) is 22.7 Å². The number of aryl methyl sites for hydroxylation is 1. The topological polar surface area (TPSA) is 74.7 Å². The van der Waals surface area contributed by atoms with E-state index in [1.54, 1.807) is 12.1 Å². The lowest BCUT2D eigenvalue weighted by Gasteiger charge is -2.26. The van der Waals surface area contributed by atoms with Gasteiger partial charge < -0.3 is 5.11 Å². The summed E-state index contributed by atoms with van der Waals surface area (Å²) >= 11 is 6.05. The molecule has 21 heavy (non-hydrogen) atoms. The summed E-state index contributed by atoms with van der Waals surface area (Å²) < 4.78 is 26.6. The molecule has 0 heterocycles.